The Morgan fingerprint density at radius 3 is 1.65 bits per heavy atom. The van der Waals surface area contributed by atoms with Gasteiger partial charge in [0.05, 0.1) is 0 Å². The van der Waals surface area contributed by atoms with Crippen molar-refractivity contribution in [2.24, 2.45) is 0 Å². The standard InChI is InChI=1S/C44H26S2/c1-2-14-28(15-3-1)39-26-37-40(45-39)25-36-30-18-10-11-24-38(30)46-44(36)43(37)42-34-21-8-6-19-32(34)41(33-20-7-9-22-35(33)42)31-23-12-16-27-13-4-5-17-29(27)31/h1-26H. The lowest BCUT2D eigenvalue weighted by atomic mass is 9.84. The first-order chi connectivity index (χ1) is 22.8. The normalized spacial score (nSPS) is 11.9. The van der Waals surface area contributed by atoms with E-state index in [1.807, 2.05) is 22.7 Å². The molecule has 0 saturated heterocycles. The summed E-state index contributed by atoms with van der Waals surface area (Å²) in [7, 11) is 0. The monoisotopic (exact) mass is 618 g/mol. The largest absolute Gasteiger partial charge is 0.135 e. The van der Waals surface area contributed by atoms with E-state index in [1.54, 1.807) is 0 Å². The molecule has 0 aliphatic heterocycles. The van der Waals surface area contributed by atoms with Gasteiger partial charge >= 0.3 is 0 Å². The first-order valence-electron chi connectivity index (χ1n) is 15.7. The molecule has 214 valence electrons. The third-order valence-electron chi connectivity index (χ3n) is 9.47. The van der Waals surface area contributed by atoms with E-state index in [0.717, 1.165) is 0 Å². The highest BCUT2D eigenvalue weighted by molar-refractivity contribution is 7.27. The van der Waals surface area contributed by atoms with Crippen LogP contribution in [0.25, 0.3) is 95.3 Å². The van der Waals surface area contributed by atoms with Gasteiger partial charge in [-0.2, -0.15) is 0 Å². The quantitative estimate of drug-likeness (QED) is 0.173. The van der Waals surface area contributed by atoms with E-state index < -0.39 is 0 Å². The minimum atomic E-state index is 1.26. The lowest BCUT2D eigenvalue weighted by Crippen LogP contribution is -1.92. The lowest BCUT2D eigenvalue weighted by molar-refractivity contribution is 1.70. The summed E-state index contributed by atoms with van der Waals surface area (Å²) in [5.41, 5.74) is 6.54. The van der Waals surface area contributed by atoms with Crippen LogP contribution in [0.2, 0.25) is 0 Å². The number of fused-ring (bicyclic) bond motifs is 7. The molecule has 0 saturated carbocycles. The van der Waals surface area contributed by atoms with Crippen molar-refractivity contribution < 1.29 is 0 Å². The molecule has 0 nitrogen and oxygen atoms in total. The van der Waals surface area contributed by atoms with E-state index in [4.69, 9.17) is 0 Å². The smallest absolute Gasteiger partial charge is 0.0441 e. The molecule has 0 spiro atoms. The van der Waals surface area contributed by atoms with Crippen LogP contribution < -0.4 is 0 Å². The van der Waals surface area contributed by atoms with Gasteiger partial charge < -0.3 is 0 Å². The Morgan fingerprint density at radius 2 is 0.913 bits per heavy atom. The number of hydrogen-bond acceptors (Lipinski definition) is 2. The fourth-order valence-electron chi connectivity index (χ4n) is 7.48. The predicted octanol–water partition coefficient (Wildman–Crippen LogP) is 13.7. The molecular weight excluding hydrogens is 593 g/mol. The molecule has 0 aliphatic rings. The van der Waals surface area contributed by atoms with Gasteiger partial charge in [0.2, 0.25) is 0 Å². The first kappa shape index (κ1) is 26.0. The van der Waals surface area contributed by atoms with Crippen molar-refractivity contribution in [1.82, 2.24) is 0 Å². The molecule has 0 bridgehead atoms. The van der Waals surface area contributed by atoms with E-state index in [2.05, 4.69) is 158 Å². The summed E-state index contributed by atoms with van der Waals surface area (Å²) in [6.45, 7) is 0. The molecule has 0 fully saturated rings. The van der Waals surface area contributed by atoms with Crippen molar-refractivity contribution >= 4 is 85.2 Å². The summed E-state index contributed by atoms with van der Waals surface area (Å²) >= 11 is 3.83. The minimum Gasteiger partial charge on any atom is -0.135 e. The van der Waals surface area contributed by atoms with Crippen molar-refractivity contribution in [3.63, 3.8) is 0 Å². The maximum Gasteiger partial charge on any atom is 0.0441 e. The Balaban J connectivity index is 1.41. The molecule has 2 heterocycles. The van der Waals surface area contributed by atoms with Crippen LogP contribution in [0.1, 0.15) is 0 Å². The van der Waals surface area contributed by atoms with Crippen LogP contribution in [-0.4, -0.2) is 0 Å². The van der Waals surface area contributed by atoms with Gasteiger partial charge in [0.25, 0.3) is 0 Å². The summed E-state index contributed by atoms with van der Waals surface area (Å²) in [5, 5.41) is 11.7. The third-order valence-corrected chi connectivity index (χ3v) is 11.8. The average molecular weight is 619 g/mol. The summed E-state index contributed by atoms with van der Waals surface area (Å²) in [4.78, 5) is 1.31. The number of rotatable bonds is 3. The van der Waals surface area contributed by atoms with E-state index in [1.165, 1.54) is 95.3 Å². The highest BCUT2D eigenvalue weighted by atomic mass is 32.1. The Labute approximate surface area is 274 Å². The van der Waals surface area contributed by atoms with Gasteiger partial charge in [-0.3, -0.25) is 0 Å². The van der Waals surface area contributed by atoms with Crippen molar-refractivity contribution in [3.05, 3.63) is 158 Å². The second-order valence-electron chi connectivity index (χ2n) is 12.0. The molecule has 0 atom stereocenters. The molecular formula is C44H26S2. The van der Waals surface area contributed by atoms with Gasteiger partial charge in [-0.1, -0.05) is 140 Å². The molecule has 2 heteroatoms. The fourth-order valence-corrected chi connectivity index (χ4v) is 9.84. The van der Waals surface area contributed by atoms with Gasteiger partial charge in [0.1, 0.15) is 0 Å². The number of thiophene rings is 2. The van der Waals surface area contributed by atoms with Gasteiger partial charge in [-0.25, -0.2) is 0 Å². The maximum absolute atomic E-state index is 2.44. The van der Waals surface area contributed by atoms with Gasteiger partial charge in [0, 0.05) is 40.7 Å². The summed E-state index contributed by atoms with van der Waals surface area (Å²) in [5.74, 6) is 0. The SMILES string of the molecule is c1ccc(-c2cc3c(-c4c5ccccc5c(-c5cccc6ccccc56)c5ccccc45)c4sc5ccccc5c4cc3s2)cc1. The van der Waals surface area contributed by atoms with Crippen LogP contribution in [0.3, 0.4) is 0 Å². The first-order valence-corrected chi connectivity index (χ1v) is 17.3. The Kier molecular flexibility index (Phi) is 5.72. The highest BCUT2D eigenvalue weighted by Crippen LogP contribution is 2.52. The highest BCUT2D eigenvalue weighted by Gasteiger charge is 2.23. The summed E-state index contributed by atoms with van der Waals surface area (Å²) < 4.78 is 4.02. The van der Waals surface area contributed by atoms with Crippen LogP contribution in [0.4, 0.5) is 0 Å². The van der Waals surface area contributed by atoms with E-state index in [-0.39, 0.29) is 0 Å². The van der Waals surface area contributed by atoms with Crippen LogP contribution in [0, 0.1) is 0 Å². The Hall–Kier alpha value is -5.28. The van der Waals surface area contributed by atoms with Crippen molar-refractivity contribution in [2.45, 2.75) is 0 Å². The Morgan fingerprint density at radius 1 is 0.326 bits per heavy atom. The maximum atomic E-state index is 2.44. The molecule has 0 aliphatic carbocycles. The van der Waals surface area contributed by atoms with Crippen LogP contribution in [-0.2, 0) is 0 Å². The van der Waals surface area contributed by atoms with Crippen LogP contribution in [0.15, 0.2) is 158 Å². The zero-order chi connectivity index (χ0) is 30.2. The molecule has 8 aromatic carbocycles. The lowest BCUT2D eigenvalue weighted by Gasteiger charge is -2.19. The molecule has 0 N–H and O–H groups in total. The van der Waals surface area contributed by atoms with Gasteiger partial charge in [-0.15, -0.1) is 22.7 Å². The van der Waals surface area contributed by atoms with Gasteiger partial charge in [0.15, 0.2) is 0 Å². The Bertz CT molecular complexity index is 2740. The fraction of sp³-hybridized carbons (Fsp3) is 0. The molecule has 0 amide bonds. The molecule has 0 unspecified atom stereocenters. The second kappa shape index (κ2) is 10.1. The van der Waals surface area contributed by atoms with Crippen LogP contribution >= 0.6 is 22.7 Å². The summed E-state index contributed by atoms with van der Waals surface area (Å²) in [6.07, 6.45) is 0. The topological polar surface area (TPSA) is 0 Å². The average Bonchev–Trinajstić information content (AvgIpc) is 3.72. The van der Waals surface area contributed by atoms with E-state index >= 15 is 0 Å². The molecule has 2 aromatic heterocycles. The zero-order valence-corrected chi connectivity index (χ0v) is 26.5. The van der Waals surface area contributed by atoms with Crippen molar-refractivity contribution in [1.29, 1.82) is 0 Å². The van der Waals surface area contributed by atoms with Crippen molar-refractivity contribution in [3.8, 4) is 32.7 Å². The third kappa shape index (κ3) is 3.78. The minimum absolute atomic E-state index is 1.26. The molecule has 10 rings (SSSR count). The zero-order valence-electron chi connectivity index (χ0n) is 24.8. The van der Waals surface area contributed by atoms with Crippen LogP contribution in [0.5, 0.6) is 0 Å². The predicted molar refractivity (Wildman–Crippen MR) is 204 cm³/mol. The van der Waals surface area contributed by atoms with E-state index in [9.17, 15) is 0 Å². The second-order valence-corrected chi connectivity index (χ2v) is 14.1. The van der Waals surface area contributed by atoms with E-state index in [0.29, 0.717) is 0 Å². The molecule has 10 aromatic rings. The molecule has 46 heavy (non-hydrogen) atoms. The number of hydrogen-bond donors (Lipinski definition) is 0. The van der Waals surface area contributed by atoms with Gasteiger partial charge in [-0.05, 0) is 72.8 Å². The number of benzene rings is 8. The van der Waals surface area contributed by atoms with Crippen molar-refractivity contribution in [2.75, 3.05) is 0 Å². The summed E-state index contributed by atoms with van der Waals surface area (Å²) in [6, 6.07) is 58.2. The molecule has 0 radical (unpaired) electrons.